The standard InChI is InChI=1S/C10H20O3/c1-5-7-8-12-9(11)13-10(3,4)6-2/h5-8H2,1-4H3. The molecule has 3 heteroatoms. The van der Waals surface area contributed by atoms with Crippen LogP contribution in [0.1, 0.15) is 47.0 Å². The topological polar surface area (TPSA) is 35.5 Å². The number of rotatable bonds is 5. The normalized spacial score (nSPS) is 11.1. The van der Waals surface area contributed by atoms with Crippen LogP contribution < -0.4 is 0 Å². The molecule has 0 unspecified atom stereocenters. The van der Waals surface area contributed by atoms with Crippen molar-refractivity contribution >= 4 is 6.16 Å². The van der Waals surface area contributed by atoms with E-state index in [1.165, 1.54) is 0 Å². The summed E-state index contributed by atoms with van der Waals surface area (Å²) >= 11 is 0. The van der Waals surface area contributed by atoms with E-state index in [0.717, 1.165) is 19.3 Å². The van der Waals surface area contributed by atoms with Gasteiger partial charge in [-0.3, -0.25) is 0 Å². The Morgan fingerprint density at radius 3 is 2.38 bits per heavy atom. The van der Waals surface area contributed by atoms with Crippen molar-refractivity contribution in [3.05, 3.63) is 0 Å². The SMILES string of the molecule is CCCCOC(=O)OC(C)(C)CC. The van der Waals surface area contributed by atoms with Gasteiger partial charge in [0.1, 0.15) is 5.60 Å². The molecular weight excluding hydrogens is 168 g/mol. The average Bonchev–Trinajstić information content (AvgIpc) is 2.04. The fourth-order valence-electron chi connectivity index (χ4n) is 0.627. The second-order valence-electron chi connectivity index (χ2n) is 3.67. The molecule has 0 spiro atoms. The number of hydrogen-bond donors (Lipinski definition) is 0. The minimum atomic E-state index is -0.555. The van der Waals surface area contributed by atoms with Crippen molar-refractivity contribution < 1.29 is 14.3 Å². The van der Waals surface area contributed by atoms with Crippen LogP contribution in [0.3, 0.4) is 0 Å². The first kappa shape index (κ1) is 12.3. The molecule has 0 rings (SSSR count). The number of carbonyl (C=O) groups excluding carboxylic acids is 1. The lowest BCUT2D eigenvalue weighted by atomic mass is 10.1. The predicted molar refractivity (Wildman–Crippen MR) is 51.7 cm³/mol. The fourth-order valence-corrected chi connectivity index (χ4v) is 0.627. The molecule has 0 aromatic carbocycles. The van der Waals surface area contributed by atoms with Crippen molar-refractivity contribution in [3.63, 3.8) is 0 Å². The Labute approximate surface area is 80.4 Å². The summed E-state index contributed by atoms with van der Waals surface area (Å²) in [6, 6.07) is 0. The lowest BCUT2D eigenvalue weighted by Gasteiger charge is -2.22. The van der Waals surface area contributed by atoms with E-state index in [1.807, 2.05) is 27.7 Å². The highest BCUT2D eigenvalue weighted by Crippen LogP contribution is 2.14. The predicted octanol–water partition coefficient (Wildman–Crippen LogP) is 3.13. The Hall–Kier alpha value is -0.730. The molecule has 0 atom stereocenters. The molecule has 0 saturated carbocycles. The van der Waals surface area contributed by atoms with Gasteiger partial charge in [-0.25, -0.2) is 4.79 Å². The summed E-state index contributed by atoms with van der Waals surface area (Å²) in [6.45, 7) is 8.21. The van der Waals surface area contributed by atoms with E-state index in [2.05, 4.69) is 0 Å². The molecule has 0 saturated heterocycles. The van der Waals surface area contributed by atoms with Crippen LogP contribution in [0, 0.1) is 0 Å². The third-order valence-corrected chi connectivity index (χ3v) is 1.93. The van der Waals surface area contributed by atoms with E-state index in [0.29, 0.717) is 6.61 Å². The Kier molecular flexibility index (Phi) is 5.51. The van der Waals surface area contributed by atoms with Gasteiger partial charge in [0.25, 0.3) is 0 Å². The smallest absolute Gasteiger partial charge is 0.434 e. The fraction of sp³-hybridized carbons (Fsp3) is 0.900. The molecule has 3 nitrogen and oxygen atoms in total. The third-order valence-electron chi connectivity index (χ3n) is 1.93. The third kappa shape index (κ3) is 6.43. The largest absolute Gasteiger partial charge is 0.508 e. The Morgan fingerprint density at radius 1 is 1.31 bits per heavy atom. The van der Waals surface area contributed by atoms with Gasteiger partial charge in [0, 0.05) is 0 Å². The molecule has 0 aromatic rings. The molecule has 0 aliphatic rings. The van der Waals surface area contributed by atoms with Crippen LogP contribution in [0.2, 0.25) is 0 Å². The lowest BCUT2D eigenvalue weighted by molar-refractivity contribution is -0.0184. The molecule has 0 aliphatic heterocycles. The molecule has 0 heterocycles. The van der Waals surface area contributed by atoms with E-state index in [4.69, 9.17) is 9.47 Å². The lowest BCUT2D eigenvalue weighted by Crippen LogP contribution is -2.27. The monoisotopic (exact) mass is 188 g/mol. The molecular formula is C10H20O3. The van der Waals surface area contributed by atoms with Gasteiger partial charge in [-0.15, -0.1) is 0 Å². The van der Waals surface area contributed by atoms with Crippen molar-refractivity contribution in [2.45, 2.75) is 52.6 Å². The van der Waals surface area contributed by atoms with Crippen LogP contribution in [0.15, 0.2) is 0 Å². The van der Waals surface area contributed by atoms with Gasteiger partial charge in [-0.1, -0.05) is 20.3 Å². The number of carbonyl (C=O) groups is 1. The molecule has 0 aliphatic carbocycles. The summed E-state index contributed by atoms with van der Waals surface area (Å²) in [7, 11) is 0. The van der Waals surface area contributed by atoms with Gasteiger partial charge in [0.15, 0.2) is 0 Å². The highest BCUT2D eigenvalue weighted by Gasteiger charge is 2.20. The quantitative estimate of drug-likeness (QED) is 0.491. The maximum absolute atomic E-state index is 11.0. The minimum absolute atomic E-state index is 0.413. The molecule has 0 aromatic heterocycles. The first-order valence-electron chi connectivity index (χ1n) is 4.87. The Balaban J connectivity index is 3.62. The van der Waals surface area contributed by atoms with Gasteiger partial charge in [-0.2, -0.15) is 0 Å². The molecule has 13 heavy (non-hydrogen) atoms. The summed E-state index contributed by atoms with van der Waals surface area (Å²) in [5, 5.41) is 0. The van der Waals surface area contributed by atoms with Crippen LogP contribution in [-0.4, -0.2) is 18.4 Å². The van der Waals surface area contributed by atoms with Crippen molar-refractivity contribution in [1.29, 1.82) is 0 Å². The number of unbranched alkanes of at least 4 members (excludes halogenated alkanes) is 1. The average molecular weight is 188 g/mol. The molecule has 0 N–H and O–H groups in total. The van der Waals surface area contributed by atoms with E-state index < -0.39 is 11.8 Å². The summed E-state index contributed by atoms with van der Waals surface area (Å²) in [4.78, 5) is 11.0. The van der Waals surface area contributed by atoms with E-state index in [9.17, 15) is 4.79 Å². The molecule has 0 bridgehead atoms. The maximum atomic E-state index is 11.0. The van der Waals surface area contributed by atoms with Gasteiger partial charge in [-0.05, 0) is 26.7 Å². The van der Waals surface area contributed by atoms with Crippen molar-refractivity contribution in [3.8, 4) is 0 Å². The zero-order valence-corrected chi connectivity index (χ0v) is 9.05. The molecule has 0 fully saturated rings. The van der Waals surface area contributed by atoms with Crippen LogP contribution in [0.5, 0.6) is 0 Å². The zero-order chi connectivity index (χ0) is 10.3. The van der Waals surface area contributed by atoms with E-state index in [-0.39, 0.29) is 0 Å². The summed E-state index contributed by atoms with van der Waals surface area (Å²) in [5.41, 5.74) is -0.413. The van der Waals surface area contributed by atoms with E-state index >= 15 is 0 Å². The Bertz CT molecular complexity index is 152. The first-order valence-corrected chi connectivity index (χ1v) is 4.87. The van der Waals surface area contributed by atoms with Gasteiger partial charge in [0.05, 0.1) is 6.61 Å². The van der Waals surface area contributed by atoms with Crippen molar-refractivity contribution in [2.24, 2.45) is 0 Å². The summed E-state index contributed by atoms with van der Waals surface area (Å²) in [5.74, 6) is 0. The minimum Gasteiger partial charge on any atom is -0.434 e. The summed E-state index contributed by atoms with van der Waals surface area (Å²) < 4.78 is 9.93. The second kappa shape index (κ2) is 5.84. The van der Waals surface area contributed by atoms with Crippen LogP contribution >= 0.6 is 0 Å². The van der Waals surface area contributed by atoms with Gasteiger partial charge < -0.3 is 9.47 Å². The van der Waals surface area contributed by atoms with Crippen LogP contribution in [0.25, 0.3) is 0 Å². The molecule has 0 radical (unpaired) electrons. The maximum Gasteiger partial charge on any atom is 0.508 e. The van der Waals surface area contributed by atoms with Crippen molar-refractivity contribution in [1.82, 2.24) is 0 Å². The van der Waals surface area contributed by atoms with Crippen LogP contribution in [0.4, 0.5) is 4.79 Å². The first-order chi connectivity index (χ1) is 6.02. The van der Waals surface area contributed by atoms with Gasteiger partial charge >= 0.3 is 6.16 Å². The Morgan fingerprint density at radius 2 is 1.92 bits per heavy atom. The second-order valence-corrected chi connectivity index (χ2v) is 3.67. The number of hydrogen-bond acceptors (Lipinski definition) is 3. The highest BCUT2D eigenvalue weighted by molar-refractivity contribution is 5.60. The molecule has 78 valence electrons. The van der Waals surface area contributed by atoms with Crippen molar-refractivity contribution in [2.75, 3.05) is 6.61 Å². The van der Waals surface area contributed by atoms with Crippen LogP contribution in [-0.2, 0) is 9.47 Å². The zero-order valence-electron chi connectivity index (χ0n) is 9.05. The highest BCUT2D eigenvalue weighted by atomic mass is 16.7. The molecule has 0 amide bonds. The number of ether oxygens (including phenoxy) is 2. The van der Waals surface area contributed by atoms with Gasteiger partial charge in [0.2, 0.25) is 0 Å². The van der Waals surface area contributed by atoms with E-state index in [1.54, 1.807) is 0 Å². The summed E-state index contributed by atoms with van der Waals surface area (Å²) in [6.07, 6.45) is 2.14.